The van der Waals surface area contributed by atoms with Crippen molar-refractivity contribution in [3.05, 3.63) is 52.3 Å². The molecule has 0 bridgehead atoms. The van der Waals surface area contributed by atoms with E-state index in [1.807, 2.05) is 18.8 Å². The second-order valence-corrected chi connectivity index (χ2v) is 8.33. The van der Waals surface area contributed by atoms with Crippen LogP contribution in [0.5, 0.6) is 0 Å². The molecule has 3 rings (SSSR count). The monoisotopic (exact) mass is 396 g/mol. The lowest BCUT2D eigenvalue weighted by atomic mass is 9.98. The summed E-state index contributed by atoms with van der Waals surface area (Å²) >= 11 is 0. The summed E-state index contributed by atoms with van der Waals surface area (Å²) in [4.78, 5) is 6.94. The van der Waals surface area contributed by atoms with E-state index in [4.69, 9.17) is 0 Å². The Balaban J connectivity index is 1.51. The van der Waals surface area contributed by atoms with Crippen LogP contribution < -0.4 is 10.6 Å². The van der Waals surface area contributed by atoms with Crippen molar-refractivity contribution in [2.45, 2.75) is 53.2 Å². The van der Waals surface area contributed by atoms with Crippen molar-refractivity contribution in [2.75, 3.05) is 20.1 Å². The fourth-order valence-corrected chi connectivity index (χ4v) is 3.97. The van der Waals surface area contributed by atoms with Gasteiger partial charge < -0.3 is 10.6 Å². The molecule has 158 valence electrons. The number of aliphatic imine (C=N–C) groups is 1. The van der Waals surface area contributed by atoms with Crippen molar-refractivity contribution < 1.29 is 0 Å². The molecule has 1 fully saturated rings. The number of aromatic nitrogens is 2. The topological polar surface area (TPSA) is 57.5 Å². The molecule has 0 aliphatic carbocycles. The molecule has 0 unspecified atom stereocenters. The van der Waals surface area contributed by atoms with E-state index in [2.05, 4.69) is 70.7 Å². The lowest BCUT2D eigenvalue weighted by Crippen LogP contribution is -2.36. The SMILES string of the molecule is CN=C(NCc1cccc(CN2CCC(C)CC2)c1)NCc1c(C)nn(C)c1C. The molecule has 0 radical (unpaired) electrons. The van der Waals surface area contributed by atoms with Gasteiger partial charge in [0.1, 0.15) is 0 Å². The van der Waals surface area contributed by atoms with Gasteiger partial charge in [-0.1, -0.05) is 31.2 Å². The molecule has 2 heterocycles. The Bertz CT molecular complexity index is 830. The molecule has 6 heteroatoms. The summed E-state index contributed by atoms with van der Waals surface area (Å²) in [7, 11) is 3.79. The van der Waals surface area contributed by atoms with Gasteiger partial charge in [0, 0.05) is 45.0 Å². The minimum atomic E-state index is 0.721. The molecular weight excluding hydrogens is 360 g/mol. The van der Waals surface area contributed by atoms with Gasteiger partial charge in [-0.15, -0.1) is 0 Å². The molecule has 1 aliphatic heterocycles. The van der Waals surface area contributed by atoms with Gasteiger partial charge in [-0.3, -0.25) is 14.6 Å². The van der Waals surface area contributed by atoms with E-state index in [-0.39, 0.29) is 0 Å². The summed E-state index contributed by atoms with van der Waals surface area (Å²) in [5.41, 5.74) is 6.15. The van der Waals surface area contributed by atoms with Gasteiger partial charge in [0.15, 0.2) is 5.96 Å². The maximum atomic E-state index is 4.48. The van der Waals surface area contributed by atoms with Crippen molar-refractivity contribution in [1.29, 1.82) is 0 Å². The lowest BCUT2D eigenvalue weighted by molar-refractivity contribution is 0.185. The number of nitrogens with one attached hydrogen (secondary N) is 2. The number of rotatable bonds is 6. The molecule has 0 atom stereocenters. The number of aryl methyl sites for hydroxylation is 2. The molecule has 0 amide bonds. The summed E-state index contributed by atoms with van der Waals surface area (Å²) < 4.78 is 1.93. The largest absolute Gasteiger partial charge is 0.352 e. The van der Waals surface area contributed by atoms with Gasteiger partial charge in [0.05, 0.1) is 5.69 Å². The van der Waals surface area contributed by atoms with E-state index < -0.39 is 0 Å². The Labute approximate surface area is 175 Å². The fourth-order valence-electron chi connectivity index (χ4n) is 3.97. The highest BCUT2D eigenvalue weighted by molar-refractivity contribution is 5.79. The van der Waals surface area contributed by atoms with Crippen molar-refractivity contribution in [1.82, 2.24) is 25.3 Å². The Kier molecular flexibility index (Phi) is 7.31. The highest BCUT2D eigenvalue weighted by Crippen LogP contribution is 2.18. The maximum Gasteiger partial charge on any atom is 0.191 e. The zero-order valence-corrected chi connectivity index (χ0v) is 18.6. The molecule has 1 saturated heterocycles. The third-order valence-electron chi connectivity index (χ3n) is 6.05. The smallest absolute Gasteiger partial charge is 0.191 e. The Morgan fingerprint density at radius 1 is 1.14 bits per heavy atom. The zero-order chi connectivity index (χ0) is 20.8. The van der Waals surface area contributed by atoms with Gasteiger partial charge in [-0.05, 0) is 56.8 Å². The number of nitrogens with zero attached hydrogens (tertiary/aromatic N) is 4. The standard InChI is InChI=1S/C23H36N6/c1-17-9-11-29(12-10-17)16-21-8-6-7-20(13-21)14-25-23(24-4)26-15-22-18(2)27-28(5)19(22)3/h6-8,13,17H,9-12,14-16H2,1-5H3,(H2,24,25,26). The van der Waals surface area contributed by atoms with Gasteiger partial charge in [-0.25, -0.2) is 0 Å². The predicted molar refractivity (Wildman–Crippen MR) is 120 cm³/mol. The number of hydrogen-bond acceptors (Lipinski definition) is 3. The molecule has 0 saturated carbocycles. The first-order chi connectivity index (χ1) is 14.0. The Hall–Kier alpha value is -2.34. The van der Waals surface area contributed by atoms with Gasteiger partial charge in [0.25, 0.3) is 0 Å². The average Bonchev–Trinajstić information content (AvgIpc) is 2.96. The van der Waals surface area contributed by atoms with Crippen LogP contribution in [0, 0.1) is 19.8 Å². The van der Waals surface area contributed by atoms with Gasteiger partial charge >= 0.3 is 0 Å². The number of hydrogen-bond donors (Lipinski definition) is 2. The average molecular weight is 397 g/mol. The Morgan fingerprint density at radius 3 is 2.48 bits per heavy atom. The van der Waals surface area contributed by atoms with Crippen LogP contribution in [0.25, 0.3) is 0 Å². The number of piperidine rings is 1. The summed E-state index contributed by atoms with van der Waals surface area (Å²) in [6.45, 7) is 11.5. The first-order valence-corrected chi connectivity index (χ1v) is 10.7. The quantitative estimate of drug-likeness (QED) is 0.582. The van der Waals surface area contributed by atoms with E-state index in [9.17, 15) is 0 Å². The summed E-state index contributed by atoms with van der Waals surface area (Å²) in [6.07, 6.45) is 2.64. The molecule has 1 aromatic heterocycles. The third-order valence-corrected chi connectivity index (χ3v) is 6.05. The van der Waals surface area contributed by atoms with Crippen LogP contribution in [0.3, 0.4) is 0 Å². The van der Waals surface area contributed by atoms with Crippen LogP contribution in [0.4, 0.5) is 0 Å². The number of likely N-dealkylation sites (tertiary alicyclic amines) is 1. The van der Waals surface area contributed by atoms with Crippen molar-refractivity contribution in [3.63, 3.8) is 0 Å². The molecule has 0 spiro atoms. The molecule has 1 aliphatic rings. The molecule has 6 nitrogen and oxygen atoms in total. The fraction of sp³-hybridized carbons (Fsp3) is 0.565. The predicted octanol–water partition coefficient (Wildman–Crippen LogP) is 3.13. The van der Waals surface area contributed by atoms with Crippen molar-refractivity contribution in [3.8, 4) is 0 Å². The van der Waals surface area contributed by atoms with E-state index in [0.717, 1.165) is 37.2 Å². The van der Waals surface area contributed by atoms with Crippen molar-refractivity contribution in [2.24, 2.45) is 18.0 Å². The van der Waals surface area contributed by atoms with E-state index >= 15 is 0 Å². The molecule has 2 N–H and O–H groups in total. The highest BCUT2D eigenvalue weighted by Gasteiger charge is 2.15. The lowest BCUT2D eigenvalue weighted by Gasteiger charge is -2.30. The normalized spacial score (nSPS) is 16.2. The van der Waals surface area contributed by atoms with Crippen LogP contribution in [-0.2, 0) is 26.7 Å². The van der Waals surface area contributed by atoms with E-state index in [1.54, 1.807) is 0 Å². The molecule has 29 heavy (non-hydrogen) atoms. The first kappa shape index (κ1) is 21.4. The van der Waals surface area contributed by atoms with Crippen LogP contribution in [-0.4, -0.2) is 40.8 Å². The first-order valence-electron chi connectivity index (χ1n) is 10.7. The second-order valence-electron chi connectivity index (χ2n) is 8.33. The van der Waals surface area contributed by atoms with Gasteiger partial charge in [0.2, 0.25) is 0 Å². The van der Waals surface area contributed by atoms with E-state index in [0.29, 0.717) is 0 Å². The minimum absolute atomic E-state index is 0.721. The number of guanidine groups is 1. The van der Waals surface area contributed by atoms with Crippen LogP contribution in [0.2, 0.25) is 0 Å². The van der Waals surface area contributed by atoms with E-state index in [1.165, 1.54) is 48.3 Å². The van der Waals surface area contributed by atoms with Gasteiger partial charge in [-0.2, -0.15) is 5.10 Å². The van der Waals surface area contributed by atoms with Crippen LogP contribution in [0.1, 0.15) is 47.8 Å². The zero-order valence-electron chi connectivity index (χ0n) is 18.6. The Morgan fingerprint density at radius 2 is 1.83 bits per heavy atom. The highest BCUT2D eigenvalue weighted by atomic mass is 15.3. The molecular formula is C23H36N6. The maximum absolute atomic E-state index is 4.48. The van der Waals surface area contributed by atoms with Crippen LogP contribution >= 0.6 is 0 Å². The third kappa shape index (κ3) is 5.82. The molecule has 2 aromatic rings. The summed E-state index contributed by atoms with van der Waals surface area (Å²) in [5.74, 6) is 1.68. The summed E-state index contributed by atoms with van der Waals surface area (Å²) in [5, 5.41) is 11.3. The molecule has 1 aromatic carbocycles. The second kappa shape index (κ2) is 9.92. The number of benzene rings is 1. The minimum Gasteiger partial charge on any atom is -0.352 e. The van der Waals surface area contributed by atoms with Crippen molar-refractivity contribution >= 4 is 5.96 Å². The van der Waals surface area contributed by atoms with Crippen LogP contribution in [0.15, 0.2) is 29.3 Å². The summed E-state index contributed by atoms with van der Waals surface area (Å²) in [6, 6.07) is 8.89.